The van der Waals surface area contributed by atoms with Crippen LogP contribution in [0.2, 0.25) is 0 Å². The molecule has 1 fully saturated rings. The predicted octanol–water partition coefficient (Wildman–Crippen LogP) is 3.14. The van der Waals surface area contributed by atoms with Gasteiger partial charge < -0.3 is 9.42 Å². The third-order valence-electron chi connectivity index (χ3n) is 5.37. The maximum absolute atomic E-state index is 12.7. The van der Waals surface area contributed by atoms with E-state index < -0.39 is 0 Å². The van der Waals surface area contributed by atoms with E-state index >= 15 is 0 Å². The van der Waals surface area contributed by atoms with Crippen molar-refractivity contribution in [2.75, 3.05) is 6.54 Å². The number of carbonyl (C=O) groups is 1. The van der Waals surface area contributed by atoms with E-state index in [1.807, 2.05) is 23.1 Å². The number of fused-ring (bicyclic) bond motifs is 1. The van der Waals surface area contributed by atoms with Gasteiger partial charge in [0.05, 0.1) is 12.0 Å². The third-order valence-corrected chi connectivity index (χ3v) is 5.37. The molecule has 6 nitrogen and oxygen atoms in total. The Kier molecular flexibility index (Phi) is 3.55. The van der Waals surface area contributed by atoms with Crippen molar-refractivity contribution in [3.63, 3.8) is 0 Å². The molecule has 130 valence electrons. The van der Waals surface area contributed by atoms with Gasteiger partial charge in [0, 0.05) is 30.9 Å². The smallest absolute Gasteiger partial charge is 0.232 e. The molecule has 1 saturated heterocycles. The van der Waals surface area contributed by atoms with Crippen LogP contribution in [0.25, 0.3) is 11.4 Å². The lowest BCUT2D eigenvalue weighted by Crippen LogP contribution is -2.28. The molecule has 1 aliphatic heterocycles. The lowest BCUT2D eigenvalue weighted by molar-refractivity contribution is -0.129. The first-order chi connectivity index (χ1) is 12.8. The quantitative estimate of drug-likeness (QED) is 0.728. The number of pyridine rings is 1. The van der Waals surface area contributed by atoms with Crippen LogP contribution in [0.15, 0.2) is 53.3 Å². The molecular formula is C20H18N4O2. The number of carbonyl (C=O) groups excluding carboxylic acids is 1. The van der Waals surface area contributed by atoms with Crippen molar-refractivity contribution in [1.82, 2.24) is 20.0 Å². The molecule has 3 heterocycles. The fourth-order valence-electron chi connectivity index (χ4n) is 4.08. The Bertz CT molecular complexity index is 953. The number of benzene rings is 1. The predicted molar refractivity (Wildman–Crippen MR) is 94.1 cm³/mol. The SMILES string of the molecule is O=C1CC(c2nc(-c3ccncc3)no2)CN1C1CCc2ccccc21. The van der Waals surface area contributed by atoms with Crippen LogP contribution in [-0.2, 0) is 11.2 Å². The van der Waals surface area contributed by atoms with Crippen LogP contribution in [0.5, 0.6) is 0 Å². The molecule has 0 radical (unpaired) electrons. The molecule has 1 aliphatic carbocycles. The largest absolute Gasteiger partial charge is 0.339 e. The van der Waals surface area contributed by atoms with Gasteiger partial charge in [-0.1, -0.05) is 29.4 Å². The van der Waals surface area contributed by atoms with E-state index in [4.69, 9.17) is 4.52 Å². The van der Waals surface area contributed by atoms with Gasteiger partial charge in [-0.05, 0) is 36.1 Å². The first kappa shape index (κ1) is 15.3. The Hall–Kier alpha value is -3.02. The van der Waals surface area contributed by atoms with E-state index in [0.29, 0.717) is 24.7 Å². The number of nitrogens with zero attached hydrogens (tertiary/aromatic N) is 4. The monoisotopic (exact) mass is 346 g/mol. The van der Waals surface area contributed by atoms with E-state index in [-0.39, 0.29) is 17.9 Å². The number of aromatic nitrogens is 3. The van der Waals surface area contributed by atoms with Crippen molar-refractivity contribution in [3.8, 4) is 11.4 Å². The first-order valence-corrected chi connectivity index (χ1v) is 8.91. The van der Waals surface area contributed by atoms with Gasteiger partial charge in [0.2, 0.25) is 17.6 Å². The average molecular weight is 346 g/mol. The fourth-order valence-corrected chi connectivity index (χ4v) is 4.08. The van der Waals surface area contributed by atoms with Crippen molar-refractivity contribution in [3.05, 3.63) is 65.8 Å². The lowest BCUT2D eigenvalue weighted by atomic mass is 10.1. The summed E-state index contributed by atoms with van der Waals surface area (Å²) in [7, 11) is 0. The Morgan fingerprint density at radius 2 is 1.96 bits per heavy atom. The number of hydrogen-bond acceptors (Lipinski definition) is 5. The topological polar surface area (TPSA) is 72.1 Å². The number of amides is 1. The summed E-state index contributed by atoms with van der Waals surface area (Å²) in [6.45, 7) is 0.635. The maximum Gasteiger partial charge on any atom is 0.232 e. The summed E-state index contributed by atoms with van der Waals surface area (Å²) in [5, 5.41) is 4.07. The maximum atomic E-state index is 12.7. The average Bonchev–Trinajstić information content (AvgIpc) is 3.40. The summed E-state index contributed by atoms with van der Waals surface area (Å²) in [5.41, 5.74) is 3.50. The molecule has 0 saturated carbocycles. The second kappa shape index (κ2) is 6.05. The molecule has 0 spiro atoms. The summed E-state index contributed by atoms with van der Waals surface area (Å²) in [4.78, 5) is 23.2. The van der Waals surface area contributed by atoms with Crippen LogP contribution in [0.1, 0.15) is 41.8 Å². The highest BCUT2D eigenvalue weighted by molar-refractivity contribution is 5.80. The molecule has 2 aromatic heterocycles. The second-order valence-electron chi connectivity index (χ2n) is 6.89. The van der Waals surface area contributed by atoms with Gasteiger partial charge in [0.1, 0.15) is 0 Å². The van der Waals surface area contributed by atoms with Gasteiger partial charge in [-0.15, -0.1) is 0 Å². The Labute approximate surface area is 150 Å². The minimum atomic E-state index is -0.0432. The molecule has 6 heteroatoms. The Balaban J connectivity index is 1.37. The van der Waals surface area contributed by atoms with Crippen LogP contribution in [0.4, 0.5) is 0 Å². The summed E-state index contributed by atoms with van der Waals surface area (Å²) < 4.78 is 5.47. The van der Waals surface area contributed by atoms with Crippen molar-refractivity contribution in [2.24, 2.45) is 0 Å². The minimum absolute atomic E-state index is 0.0432. The van der Waals surface area contributed by atoms with E-state index in [9.17, 15) is 4.79 Å². The van der Waals surface area contributed by atoms with E-state index in [1.54, 1.807) is 12.4 Å². The molecule has 0 N–H and O–H groups in total. The van der Waals surface area contributed by atoms with E-state index in [1.165, 1.54) is 11.1 Å². The molecule has 1 amide bonds. The second-order valence-corrected chi connectivity index (χ2v) is 6.89. The van der Waals surface area contributed by atoms with Gasteiger partial charge >= 0.3 is 0 Å². The third kappa shape index (κ3) is 2.49. The summed E-state index contributed by atoms with van der Waals surface area (Å²) in [6.07, 6.45) is 5.84. The van der Waals surface area contributed by atoms with Gasteiger partial charge in [0.25, 0.3) is 0 Å². The van der Waals surface area contributed by atoms with Crippen molar-refractivity contribution in [1.29, 1.82) is 0 Å². The van der Waals surface area contributed by atoms with Gasteiger partial charge in [-0.2, -0.15) is 4.98 Å². The zero-order valence-electron chi connectivity index (χ0n) is 14.2. The summed E-state index contributed by atoms with van der Waals surface area (Å²) in [6, 6.07) is 12.3. The van der Waals surface area contributed by atoms with Crippen LogP contribution in [0.3, 0.4) is 0 Å². The lowest BCUT2D eigenvalue weighted by Gasteiger charge is -2.25. The highest BCUT2D eigenvalue weighted by Gasteiger charge is 2.40. The van der Waals surface area contributed by atoms with E-state index in [2.05, 4.69) is 33.3 Å². The van der Waals surface area contributed by atoms with Gasteiger partial charge in [-0.3, -0.25) is 9.78 Å². The highest BCUT2D eigenvalue weighted by atomic mass is 16.5. The Morgan fingerprint density at radius 1 is 1.12 bits per heavy atom. The number of aryl methyl sites for hydroxylation is 1. The molecule has 0 bridgehead atoms. The molecule has 1 aromatic carbocycles. The summed E-state index contributed by atoms with van der Waals surface area (Å²) in [5.74, 6) is 1.21. The molecule has 2 aliphatic rings. The standard InChI is InChI=1S/C20H18N4O2/c25-18-11-15(20-22-19(23-26-20)14-7-9-21-10-8-14)12-24(18)17-6-5-13-3-1-2-4-16(13)17/h1-4,7-10,15,17H,5-6,11-12H2. The van der Waals surface area contributed by atoms with Crippen molar-refractivity contribution in [2.45, 2.75) is 31.2 Å². The number of likely N-dealkylation sites (tertiary alicyclic amines) is 1. The van der Waals surface area contributed by atoms with Crippen molar-refractivity contribution < 1.29 is 9.32 Å². The zero-order valence-corrected chi connectivity index (χ0v) is 14.2. The normalized spacial score (nSPS) is 22.0. The van der Waals surface area contributed by atoms with Crippen molar-refractivity contribution >= 4 is 5.91 Å². The van der Waals surface area contributed by atoms with Crippen LogP contribution >= 0.6 is 0 Å². The van der Waals surface area contributed by atoms with Crippen LogP contribution in [0, 0.1) is 0 Å². The molecule has 2 unspecified atom stereocenters. The summed E-state index contributed by atoms with van der Waals surface area (Å²) >= 11 is 0. The first-order valence-electron chi connectivity index (χ1n) is 8.91. The fraction of sp³-hybridized carbons (Fsp3) is 0.300. The highest BCUT2D eigenvalue weighted by Crippen LogP contribution is 2.40. The molecule has 5 rings (SSSR count). The minimum Gasteiger partial charge on any atom is -0.339 e. The molecular weight excluding hydrogens is 328 g/mol. The molecule has 3 aromatic rings. The number of rotatable bonds is 3. The van der Waals surface area contributed by atoms with E-state index in [0.717, 1.165) is 18.4 Å². The van der Waals surface area contributed by atoms with Gasteiger partial charge in [-0.25, -0.2) is 0 Å². The van der Waals surface area contributed by atoms with Gasteiger partial charge in [0.15, 0.2) is 0 Å². The molecule has 2 atom stereocenters. The van der Waals surface area contributed by atoms with Crippen LogP contribution in [-0.4, -0.2) is 32.5 Å². The Morgan fingerprint density at radius 3 is 2.85 bits per heavy atom. The number of hydrogen-bond donors (Lipinski definition) is 0. The molecule has 26 heavy (non-hydrogen) atoms. The zero-order chi connectivity index (χ0) is 17.5. The van der Waals surface area contributed by atoms with Crippen LogP contribution < -0.4 is 0 Å².